The van der Waals surface area contributed by atoms with Crippen molar-refractivity contribution < 1.29 is 13.9 Å². The highest BCUT2D eigenvalue weighted by Crippen LogP contribution is 2.39. The normalized spacial score (nSPS) is 18.5. The first-order valence-electron chi connectivity index (χ1n) is 6.48. The van der Waals surface area contributed by atoms with E-state index in [0.717, 1.165) is 5.56 Å². The molecule has 0 aliphatic carbocycles. The van der Waals surface area contributed by atoms with Crippen molar-refractivity contribution in [3.8, 4) is 5.75 Å². The summed E-state index contributed by atoms with van der Waals surface area (Å²) in [6, 6.07) is 1.61. The lowest BCUT2D eigenvalue weighted by atomic mass is 9.93. The van der Waals surface area contributed by atoms with Gasteiger partial charge in [-0.25, -0.2) is 4.39 Å². The van der Waals surface area contributed by atoms with E-state index in [0.29, 0.717) is 30.9 Å². The van der Waals surface area contributed by atoms with Crippen molar-refractivity contribution in [3.05, 3.63) is 28.0 Å². The Morgan fingerprint density at radius 2 is 2.26 bits per heavy atom. The van der Waals surface area contributed by atoms with Crippen molar-refractivity contribution in [1.82, 2.24) is 5.32 Å². The highest BCUT2D eigenvalue weighted by atomic mass is 35.5. The van der Waals surface area contributed by atoms with Gasteiger partial charge in [0.2, 0.25) is 5.91 Å². The van der Waals surface area contributed by atoms with Crippen LogP contribution in [0.1, 0.15) is 37.3 Å². The van der Waals surface area contributed by atoms with Gasteiger partial charge >= 0.3 is 0 Å². The van der Waals surface area contributed by atoms with Crippen molar-refractivity contribution in [1.29, 1.82) is 0 Å². The third-order valence-electron chi connectivity index (χ3n) is 3.34. The van der Waals surface area contributed by atoms with Crippen LogP contribution in [0.4, 0.5) is 4.39 Å². The van der Waals surface area contributed by atoms with Crippen LogP contribution in [0.2, 0.25) is 5.02 Å². The molecule has 104 valence electrons. The predicted molar refractivity (Wildman–Crippen MR) is 72.3 cm³/mol. The van der Waals surface area contributed by atoms with Crippen molar-refractivity contribution in [2.75, 3.05) is 13.2 Å². The molecule has 0 spiro atoms. The number of rotatable bonds is 4. The maximum atomic E-state index is 14.3. The number of carbonyl (C=O) groups excluding carboxylic acids is 1. The lowest BCUT2D eigenvalue weighted by Gasteiger charge is -2.19. The summed E-state index contributed by atoms with van der Waals surface area (Å²) in [5.74, 6) is -0.194. The van der Waals surface area contributed by atoms with Gasteiger partial charge in [-0.2, -0.15) is 0 Å². The van der Waals surface area contributed by atoms with E-state index in [9.17, 15) is 9.18 Å². The molecule has 2 rings (SSSR count). The Bertz CT molecular complexity index is 505. The average molecular weight is 286 g/mol. The maximum absolute atomic E-state index is 14.3. The molecule has 1 atom stereocenters. The molecule has 1 aliphatic rings. The van der Waals surface area contributed by atoms with Crippen LogP contribution in [-0.2, 0) is 11.2 Å². The van der Waals surface area contributed by atoms with E-state index in [1.165, 1.54) is 0 Å². The smallest absolute Gasteiger partial charge is 0.220 e. The van der Waals surface area contributed by atoms with E-state index in [-0.39, 0.29) is 23.3 Å². The topological polar surface area (TPSA) is 38.3 Å². The molecule has 1 unspecified atom stereocenters. The molecule has 1 aromatic rings. The van der Waals surface area contributed by atoms with Crippen LogP contribution in [0.5, 0.6) is 5.75 Å². The first kappa shape index (κ1) is 14.1. The third-order valence-corrected chi connectivity index (χ3v) is 3.61. The third kappa shape index (κ3) is 2.68. The lowest BCUT2D eigenvalue weighted by Crippen LogP contribution is -2.14. The number of hydrogen-bond acceptors (Lipinski definition) is 2. The molecule has 1 aliphatic heterocycles. The van der Waals surface area contributed by atoms with Gasteiger partial charge in [0.15, 0.2) is 0 Å². The second-order valence-corrected chi connectivity index (χ2v) is 4.97. The van der Waals surface area contributed by atoms with Gasteiger partial charge in [0.1, 0.15) is 11.6 Å². The second kappa shape index (κ2) is 5.78. The Morgan fingerprint density at radius 3 is 2.79 bits per heavy atom. The van der Waals surface area contributed by atoms with E-state index in [1.807, 2.05) is 13.8 Å². The van der Waals surface area contributed by atoms with E-state index in [4.69, 9.17) is 16.3 Å². The number of ether oxygens (including phenoxy) is 1. The molecule has 3 nitrogen and oxygen atoms in total. The van der Waals surface area contributed by atoms with Crippen molar-refractivity contribution in [2.45, 2.75) is 32.6 Å². The van der Waals surface area contributed by atoms with Crippen LogP contribution in [0.3, 0.4) is 0 Å². The molecule has 0 aromatic heterocycles. The van der Waals surface area contributed by atoms with E-state index < -0.39 is 5.82 Å². The average Bonchev–Trinajstić information content (AvgIpc) is 2.80. The van der Waals surface area contributed by atoms with Gasteiger partial charge in [0, 0.05) is 24.4 Å². The molecule has 0 radical (unpaired) electrons. The van der Waals surface area contributed by atoms with Gasteiger partial charge in [0.05, 0.1) is 11.6 Å². The maximum Gasteiger partial charge on any atom is 0.220 e. The zero-order valence-electron chi connectivity index (χ0n) is 11.1. The molecular weight excluding hydrogens is 269 g/mol. The van der Waals surface area contributed by atoms with Crippen molar-refractivity contribution >= 4 is 17.5 Å². The van der Waals surface area contributed by atoms with E-state index in [2.05, 4.69) is 5.32 Å². The number of carbonyl (C=O) groups is 1. The van der Waals surface area contributed by atoms with Crippen LogP contribution in [0.25, 0.3) is 0 Å². The van der Waals surface area contributed by atoms with Crippen LogP contribution in [0, 0.1) is 5.82 Å². The fraction of sp³-hybridized carbons (Fsp3) is 0.500. The van der Waals surface area contributed by atoms with Gasteiger partial charge < -0.3 is 10.1 Å². The summed E-state index contributed by atoms with van der Waals surface area (Å²) < 4.78 is 19.9. The van der Waals surface area contributed by atoms with Gasteiger partial charge in [-0.1, -0.05) is 18.5 Å². The molecule has 19 heavy (non-hydrogen) atoms. The SMILES string of the molecule is CCOc1c(CC)cc(Cl)c(F)c1C1CNC(=O)C1. The largest absolute Gasteiger partial charge is 0.493 e. The highest BCUT2D eigenvalue weighted by Gasteiger charge is 2.30. The van der Waals surface area contributed by atoms with Gasteiger partial charge in [0.25, 0.3) is 0 Å². The van der Waals surface area contributed by atoms with Crippen LogP contribution < -0.4 is 10.1 Å². The highest BCUT2D eigenvalue weighted by molar-refractivity contribution is 6.31. The molecule has 1 amide bonds. The number of benzene rings is 1. The first-order chi connectivity index (χ1) is 9.08. The Kier molecular flexibility index (Phi) is 4.30. The number of nitrogens with one attached hydrogen (secondary N) is 1. The molecule has 1 heterocycles. The van der Waals surface area contributed by atoms with Crippen molar-refractivity contribution in [2.24, 2.45) is 0 Å². The molecular formula is C14H17ClFNO2. The Labute approximate surface area is 117 Å². The molecule has 1 N–H and O–H groups in total. The Balaban J connectivity index is 2.54. The standard InChI is InChI=1S/C14H17ClFNO2/c1-3-8-5-10(15)13(16)12(14(8)19-4-2)9-6-11(18)17-7-9/h5,9H,3-4,6-7H2,1-2H3,(H,17,18). The number of halogens is 2. The molecule has 1 aromatic carbocycles. The number of hydrogen-bond donors (Lipinski definition) is 1. The molecule has 5 heteroatoms. The van der Waals surface area contributed by atoms with Crippen molar-refractivity contribution in [3.63, 3.8) is 0 Å². The summed E-state index contributed by atoms with van der Waals surface area (Å²) in [7, 11) is 0. The van der Waals surface area contributed by atoms with Crippen LogP contribution >= 0.6 is 11.6 Å². The quantitative estimate of drug-likeness (QED) is 0.923. The first-order valence-corrected chi connectivity index (χ1v) is 6.86. The summed E-state index contributed by atoms with van der Waals surface area (Å²) in [6.07, 6.45) is 0.983. The lowest BCUT2D eigenvalue weighted by molar-refractivity contribution is -0.119. The monoisotopic (exact) mass is 285 g/mol. The number of aryl methyl sites for hydroxylation is 1. The molecule has 1 fully saturated rings. The summed E-state index contributed by atoms with van der Waals surface area (Å²) >= 11 is 5.95. The van der Waals surface area contributed by atoms with Crippen LogP contribution in [-0.4, -0.2) is 19.1 Å². The molecule has 0 saturated carbocycles. The van der Waals surface area contributed by atoms with Gasteiger partial charge in [-0.05, 0) is 25.0 Å². The fourth-order valence-electron chi connectivity index (χ4n) is 2.43. The fourth-order valence-corrected chi connectivity index (χ4v) is 2.67. The summed E-state index contributed by atoms with van der Waals surface area (Å²) in [5.41, 5.74) is 1.31. The minimum atomic E-state index is -0.469. The van der Waals surface area contributed by atoms with Gasteiger partial charge in [-0.3, -0.25) is 4.79 Å². The zero-order chi connectivity index (χ0) is 14.0. The minimum absolute atomic E-state index is 0.0649. The summed E-state index contributed by atoms with van der Waals surface area (Å²) in [6.45, 7) is 4.70. The van der Waals surface area contributed by atoms with Gasteiger partial charge in [-0.15, -0.1) is 0 Å². The Hall–Kier alpha value is -1.29. The number of amides is 1. The minimum Gasteiger partial charge on any atom is -0.493 e. The summed E-state index contributed by atoms with van der Waals surface area (Å²) in [5, 5.41) is 2.81. The summed E-state index contributed by atoms with van der Waals surface area (Å²) in [4.78, 5) is 11.3. The second-order valence-electron chi connectivity index (χ2n) is 4.57. The van der Waals surface area contributed by atoms with Crippen LogP contribution in [0.15, 0.2) is 6.07 Å². The van der Waals surface area contributed by atoms with E-state index in [1.54, 1.807) is 6.07 Å². The predicted octanol–water partition coefficient (Wildman–Crippen LogP) is 3.04. The molecule has 0 bridgehead atoms. The zero-order valence-corrected chi connectivity index (χ0v) is 11.8. The van der Waals surface area contributed by atoms with E-state index >= 15 is 0 Å². The molecule has 1 saturated heterocycles. The Morgan fingerprint density at radius 1 is 1.53 bits per heavy atom.